The van der Waals surface area contributed by atoms with E-state index in [2.05, 4.69) is 19.9 Å². The predicted octanol–water partition coefficient (Wildman–Crippen LogP) is 4.51. The van der Waals surface area contributed by atoms with E-state index in [0.717, 1.165) is 11.3 Å². The lowest BCUT2D eigenvalue weighted by Crippen LogP contribution is -2.01. The Morgan fingerprint density at radius 2 is 1.85 bits per heavy atom. The van der Waals surface area contributed by atoms with Crippen molar-refractivity contribution in [2.45, 2.75) is 33.2 Å². The van der Waals surface area contributed by atoms with Crippen molar-refractivity contribution in [3.63, 3.8) is 0 Å². The lowest BCUT2D eigenvalue weighted by atomic mass is 10.0. The van der Waals surface area contributed by atoms with E-state index < -0.39 is 0 Å². The molecule has 2 nitrogen and oxygen atoms in total. The van der Waals surface area contributed by atoms with Crippen LogP contribution in [-0.4, -0.2) is 0 Å². The van der Waals surface area contributed by atoms with Crippen molar-refractivity contribution in [2.75, 3.05) is 0 Å². The van der Waals surface area contributed by atoms with Crippen LogP contribution in [0.5, 0.6) is 11.5 Å². The van der Waals surface area contributed by atoms with Crippen LogP contribution in [0.4, 0.5) is 4.39 Å². The monoisotopic (exact) mass is 273 g/mol. The number of nitrogens with two attached hydrogens (primary N) is 1. The lowest BCUT2D eigenvalue weighted by molar-refractivity contribution is 0.469. The first-order valence-corrected chi connectivity index (χ1v) is 6.78. The molecule has 0 saturated carbocycles. The van der Waals surface area contributed by atoms with Crippen LogP contribution in [-0.2, 0) is 6.54 Å². The average molecular weight is 273 g/mol. The second kappa shape index (κ2) is 6.06. The van der Waals surface area contributed by atoms with Crippen LogP contribution in [0.2, 0.25) is 0 Å². The molecule has 0 heterocycles. The quantitative estimate of drug-likeness (QED) is 0.889. The first kappa shape index (κ1) is 14.5. The van der Waals surface area contributed by atoms with Crippen LogP contribution in [0.25, 0.3) is 0 Å². The summed E-state index contributed by atoms with van der Waals surface area (Å²) < 4.78 is 19.1. The number of ether oxygens (including phenoxy) is 1. The molecule has 0 radical (unpaired) electrons. The maximum Gasteiger partial charge on any atom is 0.132 e. The van der Waals surface area contributed by atoms with E-state index in [4.69, 9.17) is 10.5 Å². The van der Waals surface area contributed by atoms with Gasteiger partial charge in [0.25, 0.3) is 0 Å². The minimum absolute atomic E-state index is 0.246. The van der Waals surface area contributed by atoms with Crippen molar-refractivity contribution < 1.29 is 9.13 Å². The Bertz CT molecular complexity index is 608. The number of hydrogen-bond acceptors (Lipinski definition) is 2. The number of rotatable bonds is 4. The molecule has 0 aromatic heterocycles. The van der Waals surface area contributed by atoms with E-state index in [9.17, 15) is 4.39 Å². The molecular formula is C17H20FNO. The Morgan fingerprint density at radius 1 is 1.10 bits per heavy atom. The molecular weight excluding hydrogens is 253 g/mol. The molecule has 0 spiro atoms. The number of hydrogen-bond donors (Lipinski definition) is 1. The minimum Gasteiger partial charge on any atom is -0.457 e. The van der Waals surface area contributed by atoms with E-state index in [1.165, 1.54) is 17.7 Å². The zero-order chi connectivity index (χ0) is 14.7. The van der Waals surface area contributed by atoms with Gasteiger partial charge in [-0.2, -0.15) is 0 Å². The summed E-state index contributed by atoms with van der Waals surface area (Å²) >= 11 is 0. The van der Waals surface area contributed by atoms with Gasteiger partial charge in [-0.05, 0) is 48.2 Å². The van der Waals surface area contributed by atoms with Crippen LogP contribution < -0.4 is 10.5 Å². The number of halogens is 1. The maximum absolute atomic E-state index is 13.2. The van der Waals surface area contributed by atoms with Crippen LogP contribution in [0.3, 0.4) is 0 Å². The van der Waals surface area contributed by atoms with E-state index in [0.29, 0.717) is 17.2 Å². The van der Waals surface area contributed by atoms with Gasteiger partial charge in [0.05, 0.1) is 0 Å². The highest BCUT2D eigenvalue weighted by molar-refractivity contribution is 5.43. The largest absolute Gasteiger partial charge is 0.457 e. The van der Waals surface area contributed by atoms with Gasteiger partial charge in [0.2, 0.25) is 0 Å². The molecule has 2 aromatic carbocycles. The molecule has 0 aliphatic carbocycles. The van der Waals surface area contributed by atoms with E-state index in [1.54, 1.807) is 6.07 Å². The summed E-state index contributed by atoms with van der Waals surface area (Å²) in [5, 5.41) is 0. The van der Waals surface area contributed by atoms with Crippen molar-refractivity contribution in [1.82, 2.24) is 0 Å². The van der Waals surface area contributed by atoms with E-state index in [-0.39, 0.29) is 12.4 Å². The van der Waals surface area contributed by atoms with Crippen molar-refractivity contribution in [2.24, 2.45) is 5.73 Å². The van der Waals surface area contributed by atoms with Crippen LogP contribution in [0.1, 0.15) is 36.5 Å². The van der Waals surface area contributed by atoms with Crippen LogP contribution in [0.15, 0.2) is 36.4 Å². The zero-order valence-corrected chi connectivity index (χ0v) is 12.1. The van der Waals surface area contributed by atoms with E-state index in [1.807, 2.05) is 19.1 Å². The molecule has 0 aliphatic rings. The minimum atomic E-state index is -0.301. The average Bonchev–Trinajstić information content (AvgIpc) is 2.42. The Balaban J connectivity index is 2.36. The predicted molar refractivity (Wildman–Crippen MR) is 79.6 cm³/mol. The molecule has 106 valence electrons. The highest BCUT2D eigenvalue weighted by Crippen LogP contribution is 2.30. The van der Waals surface area contributed by atoms with Gasteiger partial charge >= 0.3 is 0 Å². The van der Waals surface area contributed by atoms with Crippen molar-refractivity contribution in [3.8, 4) is 11.5 Å². The molecule has 2 rings (SSSR count). The van der Waals surface area contributed by atoms with Gasteiger partial charge in [-0.3, -0.25) is 0 Å². The maximum atomic E-state index is 13.2. The summed E-state index contributed by atoms with van der Waals surface area (Å²) in [5.41, 5.74) is 8.56. The second-order valence-electron chi connectivity index (χ2n) is 5.24. The fourth-order valence-electron chi connectivity index (χ4n) is 2.01. The van der Waals surface area contributed by atoms with Gasteiger partial charge in [-0.1, -0.05) is 26.0 Å². The summed E-state index contributed by atoms with van der Waals surface area (Å²) in [6.45, 7) is 6.51. The van der Waals surface area contributed by atoms with Gasteiger partial charge in [0.15, 0.2) is 0 Å². The Morgan fingerprint density at radius 3 is 2.50 bits per heavy atom. The smallest absolute Gasteiger partial charge is 0.132 e. The third kappa shape index (κ3) is 3.17. The van der Waals surface area contributed by atoms with Crippen LogP contribution in [0, 0.1) is 12.7 Å². The molecule has 0 aliphatic heterocycles. The summed E-state index contributed by atoms with van der Waals surface area (Å²) in [5.74, 6) is 1.53. The van der Waals surface area contributed by atoms with Gasteiger partial charge in [0, 0.05) is 12.1 Å². The molecule has 0 saturated heterocycles. The molecule has 0 unspecified atom stereocenters. The summed E-state index contributed by atoms with van der Waals surface area (Å²) in [4.78, 5) is 0. The van der Waals surface area contributed by atoms with Crippen LogP contribution >= 0.6 is 0 Å². The molecule has 0 atom stereocenters. The fourth-order valence-corrected chi connectivity index (χ4v) is 2.01. The first-order chi connectivity index (χ1) is 9.51. The molecule has 0 fully saturated rings. The van der Waals surface area contributed by atoms with Crippen molar-refractivity contribution >= 4 is 0 Å². The van der Waals surface area contributed by atoms with E-state index >= 15 is 0 Å². The Hall–Kier alpha value is -1.87. The summed E-state index contributed by atoms with van der Waals surface area (Å²) in [7, 11) is 0. The Kier molecular flexibility index (Phi) is 4.40. The Labute approximate surface area is 119 Å². The van der Waals surface area contributed by atoms with Gasteiger partial charge in [0.1, 0.15) is 17.3 Å². The standard InChI is InChI=1S/C17H20FNO/c1-11(2)13-5-4-12(3)17(9-13)20-16-7-6-15(18)8-14(16)10-19/h4-9,11H,10,19H2,1-3H3. The lowest BCUT2D eigenvalue weighted by Gasteiger charge is -2.14. The molecule has 2 N–H and O–H groups in total. The van der Waals surface area contributed by atoms with Crippen molar-refractivity contribution in [1.29, 1.82) is 0 Å². The highest BCUT2D eigenvalue weighted by atomic mass is 19.1. The van der Waals surface area contributed by atoms with Gasteiger partial charge < -0.3 is 10.5 Å². The topological polar surface area (TPSA) is 35.2 Å². The first-order valence-electron chi connectivity index (χ1n) is 6.78. The van der Waals surface area contributed by atoms with Gasteiger partial charge in [-0.15, -0.1) is 0 Å². The zero-order valence-electron chi connectivity index (χ0n) is 12.1. The summed E-state index contributed by atoms with van der Waals surface area (Å²) in [6.07, 6.45) is 0. The molecule has 20 heavy (non-hydrogen) atoms. The SMILES string of the molecule is Cc1ccc(C(C)C)cc1Oc1ccc(F)cc1CN. The molecule has 2 aromatic rings. The third-order valence-electron chi connectivity index (χ3n) is 3.34. The van der Waals surface area contributed by atoms with Gasteiger partial charge in [-0.25, -0.2) is 4.39 Å². The second-order valence-corrected chi connectivity index (χ2v) is 5.24. The number of benzene rings is 2. The highest BCUT2D eigenvalue weighted by Gasteiger charge is 2.09. The normalized spacial score (nSPS) is 10.9. The molecule has 0 bridgehead atoms. The fraction of sp³-hybridized carbons (Fsp3) is 0.294. The molecule has 3 heteroatoms. The van der Waals surface area contributed by atoms with Crippen molar-refractivity contribution in [3.05, 3.63) is 58.9 Å². The third-order valence-corrected chi connectivity index (χ3v) is 3.34. The number of aryl methyl sites for hydroxylation is 1. The molecule has 0 amide bonds. The summed E-state index contributed by atoms with van der Waals surface area (Å²) in [6, 6.07) is 10.6.